The van der Waals surface area contributed by atoms with Crippen molar-refractivity contribution in [2.75, 3.05) is 20.6 Å². The molecule has 1 unspecified atom stereocenters. The van der Waals surface area contributed by atoms with Gasteiger partial charge in [-0.3, -0.25) is 14.2 Å². The number of rotatable bonds is 8. The van der Waals surface area contributed by atoms with Crippen LogP contribution in [0.2, 0.25) is 0 Å². The van der Waals surface area contributed by atoms with Gasteiger partial charge in [0.1, 0.15) is 5.82 Å². The first kappa shape index (κ1) is 21.6. The molecule has 6 nitrogen and oxygen atoms in total. The van der Waals surface area contributed by atoms with Crippen molar-refractivity contribution in [3.8, 4) is 0 Å². The van der Waals surface area contributed by atoms with E-state index in [1.54, 1.807) is 23.0 Å². The van der Waals surface area contributed by atoms with E-state index in [4.69, 9.17) is 0 Å². The van der Waals surface area contributed by atoms with Crippen molar-refractivity contribution in [2.45, 2.75) is 32.4 Å². The SMILES string of the molecule is Cc1cccc2c(=O)n(CCCC(=O)NCC(c3cccc(F)c3)N(C)C)cnc12. The Morgan fingerprint density at radius 2 is 2.00 bits per heavy atom. The van der Waals surface area contributed by atoms with Gasteiger partial charge in [0.2, 0.25) is 5.91 Å². The minimum absolute atomic E-state index is 0.0946. The van der Waals surface area contributed by atoms with Crippen LogP contribution in [0, 0.1) is 12.7 Å². The molecule has 30 heavy (non-hydrogen) atoms. The van der Waals surface area contributed by atoms with Crippen molar-refractivity contribution < 1.29 is 9.18 Å². The number of likely N-dealkylation sites (N-methyl/N-ethyl adjacent to an activating group) is 1. The maximum absolute atomic E-state index is 13.5. The van der Waals surface area contributed by atoms with E-state index in [0.717, 1.165) is 11.1 Å². The lowest BCUT2D eigenvalue weighted by Crippen LogP contribution is -2.34. The third-order valence-electron chi connectivity index (χ3n) is 5.21. The molecule has 1 amide bonds. The maximum Gasteiger partial charge on any atom is 0.261 e. The summed E-state index contributed by atoms with van der Waals surface area (Å²) in [6, 6.07) is 11.8. The smallest absolute Gasteiger partial charge is 0.261 e. The van der Waals surface area contributed by atoms with Crippen molar-refractivity contribution in [3.05, 3.63) is 76.1 Å². The second-order valence-corrected chi connectivity index (χ2v) is 7.66. The van der Waals surface area contributed by atoms with Crippen LogP contribution in [-0.4, -0.2) is 41.0 Å². The van der Waals surface area contributed by atoms with Gasteiger partial charge >= 0.3 is 0 Å². The molecular formula is C23H27FN4O2. The minimum Gasteiger partial charge on any atom is -0.354 e. The summed E-state index contributed by atoms with van der Waals surface area (Å²) in [5.74, 6) is -0.397. The summed E-state index contributed by atoms with van der Waals surface area (Å²) >= 11 is 0. The van der Waals surface area contributed by atoms with E-state index in [1.165, 1.54) is 12.1 Å². The number of aryl methyl sites for hydroxylation is 2. The Labute approximate surface area is 175 Å². The van der Waals surface area contributed by atoms with E-state index in [0.29, 0.717) is 36.8 Å². The van der Waals surface area contributed by atoms with Crippen LogP contribution in [0.4, 0.5) is 4.39 Å². The molecule has 1 atom stereocenters. The number of halogens is 1. The van der Waals surface area contributed by atoms with Gasteiger partial charge in [0, 0.05) is 19.5 Å². The van der Waals surface area contributed by atoms with Crippen molar-refractivity contribution in [1.82, 2.24) is 19.8 Å². The first-order valence-corrected chi connectivity index (χ1v) is 10.00. The van der Waals surface area contributed by atoms with Gasteiger partial charge in [-0.25, -0.2) is 9.37 Å². The Bertz CT molecular complexity index is 1090. The second kappa shape index (κ2) is 9.63. The Hall–Kier alpha value is -3.06. The molecular weight excluding hydrogens is 383 g/mol. The molecule has 0 aliphatic rings. The standard InChI is InChI=1S/C23H27FN4O2/c1-16-7-4-10-19-22(16)26-15-28(23(19)30)12-6-11-21(29)25-14-20(27(2)3)17-8-5-9-18(24)13-17/h4-5,7-10,13,15,20H,6,11-12,14H2,1-3H3,(H,25,29). The number of carbonyl (C=O) groups is 1. The summed E-state index contributed by atoms with van der Waals surface area (Å²) in [4.78, 5) is 31.2. The Morgan fingerprint density at radius 1 is 1.23 bits per heavy atom. The third-order valence-corrected chi connectivity index (χ3v) is 5.21. The van der Waals surface area contributed by atoms with Gasteiger partial charge in [0.15, 0.2) is 0 Å². The number of para-hydroxylation sites is 1. The van der Waals surface area contributed by atoms with Crippen LogP contribution in [0.5, 0.6) is 0 Å². The molecule has 0 aliphatic carbocycles. The normalized spacial score (nSPS) is 12.3. The predicted molar refractivity (Wildman–Crippen MR) is 116 cm³/mol. The van der Waals surface area contributed by atoms with Crippen LogP contribution < -0.4 is 10.9 Å². The van der Waals surface area contributed by atoms with Crippen LogP contribution >= 0.6 is 0 Å². The Balaban J connectivity index is 1.55. The number of aromatic nitrogens is 2. The first-order valence-electron chi connectivity index (χ1n) is 10.00. The number of hydrogen-bond acceptors (Lipinski definition) is 4. The molecule has 1 N–H and O–H groups in total. The highest BCUT2D eigenvalue weighted by Crippen LogP contribution is 2.18. The van der Waals surface area contributed by atoms with Gasteiger partial charge in [0.25, 0.3) is 5.56 Å². The summed E-state index contributed by atoms with van der Waals surface area (Å²) in [5.41, 5.74) is 2.39. The van der Waals surface area contributed by atoms with Crippen molar-refractivity contribution >= 4 is 16.8 Å². The zero-order valence-electron chi connectivity index (χ0n) is 17.6. The number of hydrogen-bond donors (Lipinski definition) is 1. The number of benzene rings is 2. The number of nitrogens with one attached hydrogen (secondary N) is 1. The van der Waals surface area contributed by atoms with Crippen LogP contribution in [-0.2, 0) is 11.3 Å². The van der Waals surface area contributed by atoms with Gasteiger partial charge in [-0.2, -0.15) is 0 Å². The first-order chi connectivity index (χ1) is 14.4. The molecule has 3 aromatic rings. The average Bonchev–Trinajstić information content (AvgIpc) is 2.70. The zero-order chi connectivity index (χ0) is 21.7. The van der Waals surface area contributed by atoms with Crippen molar-refractivity contribution in [3.63, 3.8) is 0 Å². The molecule has 0 radical (unpaired) electrons. The topological polar surface area (TPSA) is 67.2 Å². The lowest BCUT2D eigenvalue weighted by molar-refractivity contribution is -0.121. The third kappa shape index (κ3) is 5.10. The number of nitrogens with zero attached hydrogens (tertiary/aromatic N) is 3. The summed E-state index contributed by atoms with van der Waals surface area (Å²) < 4.78 is 15.1. The molecule has 0 bridgehead atoms. The largest absolute Gasteiger partial charge is 0.354 e. The fourth-order valence-corrected chi connectivity index (χ4v) is 3.52. The Morgan fingerprint density at radius 3 is 2.73 bits per heavy atom. The lowest BCUT2D eigenvalue weighted by atomic mass is 10.1. The number of carbonyl (C=O) groups excluding carboxylic acids is 1. The van der Waals surface area contributed by atoms with Crippen molar-refractivity contribution in [2.24, 2.45) is 0 Å². The molecule has 0 saturated carbocycles. The van der Waals surface area contributed by atoms with Crippen LogP contribution in [0.15, 0.2) is 53.6 Å². The molecule has 2 aromatic carbocycles. The summed E-state index contributed by atoms with van der Waals surface area (Å²) in [6.07, 6.45) is 2.36. The van der Waals surface area contributed by atoms with E-state index in [2.05, 4.69) is 10.3 Å². The van der Waals surface area contributed by atoms with Crippen LogP contribution in [0.3, 0.4) is 0 Å². The summed E-state index contributed by atoms with van der Waals surface area (Å²) in [6.45, 7) is 2.73. The van der Waals surface area contributed by atoms with Crippen LogP contribution in [0.25, 0.3) is 10.9 Å². The highest BCUT2D eigenvalue weighted by atomic mass is 19.1. The van der Waals surface area contributed by atoms with Crippen molar-refractivity contribution in [1.29, 1.82) is 0 Å². The highest BCUT2D eigenvalue weighted by molar-refractivity contribution is 5.80. The molecule has 1 heterocycles. The predicted octanol–water partition coefficient (Wildman–Crippen LogP) is 3.04. The maximum atomic E-state index is 13.5. The molecule has 0 spiro atoms. The van der Waals surface area contributed by atoms with Gasteiger partial charge < -0.3 is 10.2 Å². The monoisotopic (exact) mass is 410 g/mol. The minimum atomic E-state index is -0.296. The second-order valence-electron chi connectivity index (χ2n) is 7.66. The average molecular weight is 410 g/mol. The molecule has 158 valence electrons. The molecule has 3 rings (SSSR count). The van der Waals surface area contributed by atoms with E-state index < -0.39 is 0 Å². The fourth-order valence-electron chi connectivity index (χ4n) is 3.52. The summed E-state index contributed by atoms with van der Waals surface area (Å²) in [7, 11) is 3.78. The van der Waals surface area contributed by atoms with E-state index in [1.807, 2.05) is 44.1 Å². The molecule has 1 aromatic heterocycles. The van der Waals surface area contributed by atoms with E-state index in [9.17, 15) is 14.0 Å². The number of fused-ring (bicyclic) bond motifs is 1. The van der Waals surface area contributed by atoms with Gasteiger partial charge in [-0.15, -0.1) is 0 Å². The molecule has 0 aliphatic heterocycles. The highest BCUT2D eigenvalue weighted by Gasteiger charge is 2.16. The molecule has 7 heteroatoms. The van der Waals surface area contributed by atoms with Gasteiger partial charge in [0.05, 0.1) is 23.3 Å². The van der Waals surface area contributed by atoms with Crippen LogP contribution in [0.1, 0.15) is 30.0 Å². The molecule has 0 saturated heterocycles. The number of amides is 1. The van der Waals surface area contributed by atoms with E-state index >= 15 is 0 Å². The van der Waals surface area contributed by atoms with Gasteiger partial charge in [-0.1, -0.05) is 24.3 Å². The summed E-state index contributed by atoms with van der Waals surface area (Å²) in [5, 5.41) is 3.50. The molecule has 0 fully saturated rings. The lowest BCUT2D eigenvalue weighted by Gasteiger charge is -2.25. The van der Waals surface area contributed by atoms with Gasteiger partial charge in [-0.05, 0) is 56.8 Å². The zero-order valence-corrected chi connectivity index (χ0v) is 17.6. The Kier molecular flexibility index (Phi) is 6.95. The quantitative estimate of drug-likeness (QED) is 0.620. The fraction of sp³-hybridized carbons (Fsp3) is 0.348. The van der Waals surface area contributed by atoms with E-state index in [-0.39, 0.29) is 23.3 Å².